The Morgan fingerprint density at radius 2 is 2.18 bits per heavy atom. The van der Waals surface area contributed by atoms with Crippen LogP contribution in [0, 0.1) is 5.82 Å². The largest absolute Gasteiger partial charge is 0.494 e. The van der Waals surface area contributed by atoms with Gasteiger partial charge in [0.15, 0.2) is 16.7 Å². The van der Waals surface area contributed by atoms with Gasteiger partial charge in [-0.25, -0.2) is 9.37 Å². The fourth-order valence-electron chi connectivity index (χ4n) is 3.36. The molecule has 0 N–H and O–H groups in total. The SMILES string of the molecule is COc1ccc(CSc2nc3ccccc3c(=O)n2CC2CCCO2)cc1F. The number of hydrogen-bond acceptors (Lipinski definition) is 5. The molecule has 4 rings (SSSR count). The Hall–Kier alpha value is -2.38. The van der Waals surface area contributed by atoms with Crippen LogP contribution < -0.4 is 10.3 Å². The quantitative estimate of drug-likeness (QED) is 0.462. The third-order valence-corrected chi connectivity index (χ3v) is 5.87. The van der Waals surface area contributed by atoms with Crippen LogP contribution in [0.2, 0.25) is 0 Å². The Kier molecular flexibility index (Phi) is 5.64. The number of methoxy groups -OCH3 is 1. The Bertz CT molecular complexity index is 1050. The molecule has 0 saturated carbocycles. The van der Waals surface area contributed by atoms with Crippen molar-refractivity contribution in [3.63, 3.8) is 0 Å². The highest BCUT2D eigenvalue weighted by Gasteiger charge is 2.20. The third kappa shape index (κ3) is 3.91. The summed E-state index contributed by atoms with van der Waals surface area (Å²) in [5.74, 6) is 0.314. The molecule has 1 unspecified atom stereocenters. The summed E-state index contributed by atoms with van der Waals surface area (Å²) < 4.78 is 26.4. The van der Waals surface area contributed by atoms with Crippen molar-refractivity contribution in [2.75, 3.05) is 13.7 Å². The van der Waals surface area contributed by atoms with E-state index >= 15 is 0 Å². The number of hydrogen-bond donors (Lipinski definition) is 0. The van der Waals surface area contributed by atoms with E-state index in [9.17, 15) is 9.18 Å². The van der Waals surface area contributed by atoms with E-state index < -0.39 is 5.82 Å². The van der Waals surface area contributed by atoms with Crippen LogP contribution in [0.25, 0.3) is 10.9 Å². The molecule has 1 aliphatic heterocycles. The lowest BCUT2D eigenvalue weighted by Gasteiger charge is -2.16. The number of para-hydroxylation sites is 1. The molecule has 1 aromatic heterocycles. The van der Waals surface area contributed by atoms with Crippen LogP contribution in [0.15, 0.2) is 52.4 Å². The summed E-state index contributed by atoms with van der Waals surface area (Å²) in [5.41, 5.74) is 1.40. The zero-order valence-electron chi connectivity index (χ0n) is 15.6. The molecule has 7 heteroatoms. The molecule has 2 aromatic carbocycles. The summed E-state index contributed by atoms with van der Waals surface area (Å²) in [6.07, 6.45) is 1.97. The summed E-state index contributed by atoms with van der Waals surface area (Å²) in [4.78, 5) is 17.8. The van der Waals surface area contributed by atoms with Gasteiger partial charge in [-0.15, -0.1) is 0 Å². The highest BCUT2D eigenvalue weighted by Crippen LogP contribution is 2.26. The van der Waals surface area contributed by atoms with Gasteiger partial charge in [0.1, 0.15) is 0 Å². The molecule has 0 radical (unpaired) electrons. The van der Waals surface area contributed by atoms with Crippen LogP contribution in [0.1, 0.15) is 18.4 Å². The highest BCUT2D eigenvalue weighted by atomic mass is 32.2. The monoisotopic (exact) mass is 400 g/mol. The fraction of sp³-hybridized carbons (Fsp3) is 0.333. The number of thioether (sulfide) groups is 1. The molecule has 3 aromatic rings. The number of nitrogens with zero attached hydrogens (tertiary/aromatic N) is 2. The third-order valence-electron chi connectivity index (χ3n) is 4.82. The summed E-state index contributed by atoms with van der Waals surface area (Å²) in [5, 5.41) is 1.22. The van der Waals surface area contributed by atoms with Gasteiger partial charge in [-0.05, 0) is 42.7 Å². The first-order valence-corrected chi connectivity index (χ1v) is 10.2. The van der Waals surface area contributed by atoms with E-state index in [1.165, 1.54) is 24.9 Å². The van der Waals surface area contributed by atoms with Crippen molar-refractivity contribution in [3.05, 3.63) is 64.2 Å². The van der Waals surface area contributed by atoms with Crippen molar-refractivity contribution in [3.8, 4) is 5.75 Å². The number of benzene rings is 2. The van der Waals surface area contributed by atoms with E-state index in [4.69, 9.17) is 14.5 Å². The van der Waals surface area contributed by atoms with Crippen molar-refractivity contribution in [2.45, 2.75) is 36.4 Å². The summed E-state index contributed by atoms with van der Waals surface area (Å²) >= 11 is 1.42. The van der Waals surface area contributed by atoms with E-state index in [1.54, 1.807) is 16.7 Å². The minimum atomic E-state index is -0.399. The smallest absolute Gasteiger partial charge is 0.262 e. The van der Waals surface area contributed by atoms with E-state index in [-0.39, 0.29) is 17.4 Å². The van der Waals surface area contributed by atoms with Crippen LogP contribution >= 0.6 is 11.8 Å². The summed E-state index contributed by atoms with van der Waals surface area (Å²) in [6.45, 7) is 1.21. The normalized spacial score (nSPS) is 16.6. The van der Waals surface area contributed by atoms with Gasteiger partial charge in [0, 0.05) is 12.4 Å². The van der Waals surface area contributed by atoms with Gasteiger partial charge in [-0.1, -0.05) is 30.0 Å². The van der Waals surface area contributed by atoms with Gasteiger partial charge >= 0.3 is 0 Å². The minimum absolute atomic E-state index is 0.0263. The average Bonchev–Trinajstić information content (AvgIpc) is 3.22. The van der Waals surface area contributed by atoms with Gasteiger partial charge in [-0.3, -0.25) is 9.36 Å². The standard InChI is InChI=1S/C21H21FN2O3S/c1-26-19-9-8-14(11-17(19)22)13-28-21-23-18-7-3-2-6-16(18)20(25)24(21)12-15-5-4-10-27-15/h2-3,6-9,11,15H,4-5,10,12-13H2,1H3. The van der Waals surface area contributed by atoms with Gasteiger partial charge in [-0.2, -0.15) is 0 Å². The van der Waals surface area contributed by atoms with Gasteiger partial charge in [0.25, 0.3) is 5.56 Å². The molecule has 5 nitrogen and oxygen atoms in total. The molecular weight excluding hydrogens is 379 g/mol. The number of halogens is 1. The zero-order chi connectivity index (χ0) is 19.5. The molecule has 0 aliphatic carbocycles. The number of aromatic nitrogens is 2. The molecular formula is C21H21FN2O3S. The van der Waals surface area contributed by atoms with Gasteiger partial charge in [0.05, 0.1) is 30.7 Å². The van der Waals surface area contributed by atoms with Crippen molar-refractivity contribution in [1.29, 1.82) is 0 Å². The van der Waals surface area contributed by atoms with Crippen LogP contribution in [-0.4, -0.2) is 29.4 Å². The minimum Gasteiger partial charge on any atom is -0.494 e. The first-order valence-electron chi connectivity index (χ1n) is 9.22. The molecule has 0 spiro atoms. The zero-order valence-corrected chi connectivity index (χ0v) is 16.4. The lowest BCUT2D eigenvalue weighted by molar-refractivity contribution is 0.0937. The topological polar surface area (TPSA) is 53.3 Å². The lowest BCUT2D eigenvalue weighted by atomic mass is 10.2. The Morgan fingerprint density at radius 1 is 1.32 bits per heavy atom. The highest BCUT2D eigenvalue weighted by molar-refractivity contribution is 7.98. The maximum atomic E-state index is 14.0. The fourth-order valence-corrected chi connectivity index (χ4v) is 4.31. The molecule has 0 amide bonds. The second kappa shape index (κ2) is 8.32. The summed E-state index contributed by atoms with van der Waals surface area (Å²) in [7, 11) is 1.44. The van der Waals surface area contributed by atoms with Crippen molar-refractivity contribution in [2.24, 2.45) is 0 Å². The first kappa shape index (κ1) is 19.0. The predicted molar refractivity (Wildman–Crippen MR) is 107 cm³/mol. The van der Waals surface area contributed by atoms with E-state index in [0.29, 0.717) is 28.4 Å². The maximum Gasteiger partial charge on any atom is 0.262 e. The maximum absolute atomic E-state index is 14.0. The molecule has 1 aliphatic rings. The molecule has 1 saturated heterocycles. The van der Waals surface area contributed by atoms with Crippen molar-refractivity contribution in [1.82, 2.24) is 9.55 Å². The summed E-state index contributed by atoms with van der Waals surface area (Å²) in [6, 6.07) is 12.2. The molecule has 1 atom stereocenters. The molecule has 146 valence electrons. The average molecular weight is 400 g/mol. The van der Waals surface area contributed by atoms with E-state index in [2.05, 4.69) is 0 Å². The van der Waals surface area contributed by atoms with Crippen LogP contribution in [0.3, 0.4) is 0 Å². The number of rotatable bonds is 6. The molecule has 2 heterocycles. The molecule has 1 fully saturated rings. The van der Waals surface area contributed by atoms with Gasteiger partial charge < -0.3 is 9.47 Å². The number of fused-ring (bicyclic) bond motifs is 1. The second-order valence-electron chi connectivity index (χ2n) is 6.72. The van der Waals surface area contributed by atoms with E-state index in [1.807, 2.05) is 24.3 Å². The molecule has 0 bridgehead atoms. The molecule has 28 heavy (non-hydrogen) atoms. The Labute approximate surface area is 166 Å². The van der Waals surface area contributed by atoms with E-state index in [0.717, 1.165) is 25.0 Å². The lowest BCUT2D eigenvalue weighted by Crippen LogP contribution is -2.28. The van der Waals surface area contributed by atoms with Crippen LogP contribution in [0.4, 0.5) is 4.39 Å². The Balaban J connectivity index is 1.66. The first-order chi connectivity index (χ1) is 13.7. The predicted octanol–water partition coefficient (Wildman–Crippen LogP) is 4.02. The van der Waals surface area contributed by atoms with Crippen LogP contribution in [0.5, 0.6) is 5.75 Å². The van der Waals surface area contributed by atoms with Gasteiger partial charge in [0.2, 0.25) is 0 Å². The second-order valence-corrected chi connectivity index (χ2v) is 7.66. The van der Waals surface area contributed by atoms with Crippen molar-refractivity contribution < 1.29 is 13.9 Å². The number of ether oxygens (including phenoxy) is 2. The Morgan fingerprint density at radius 3 is 2.93 bits per heavy atom. The van der Waals surface area contributed by atoms with Crippen molar-refractivity contribution >= 4 is 22.7 Å². The van der Waals surface area contributed by atoms with Crippen LogP contribution in [-0.2, 0) is 17.0 Å².